The molecule has 0 fully saturated rings. The molecule has 26 heteroatoms. The van der Waals surface area contributed by atoms with Crippen LogP contribution in [0.3, 0.4) is 0 Å². The molecule has 0 saturated heterocycles. The molecule has 22 nitrogen and oxygen atoms in total. The number of carbonyl (C=O) groups is 2. The first-order valence-corrected chi connectivity index (χ1v) is 24.3. The van der Waals surface area contributed by atoms with Crippen LogP contribution in [0.5, 0.6) is 5.75 Å². The minimum Gasteiger partial charge on any atom is -0.507 e. The number of carboxylic acid groups (broad SMARTS) is 1. The molecule has 0 bridgehead atoms. The van der Waals surface area contributed by atoms with E-state index in [4.69, 9.17) is 10.8 Å². The van der Waals surface area contributed by atoms with E-state index in [-0.39, 0.29) is 54.8 Å². The van der Waals surface area contributed by atoms with E-state index in [1.54, 1.807) is 37.3 Å². The van der Waals surface area contributed by atoms with Gasteiger partial charge in [-0.25, -0.2) is 35.0 Å². The fourth-order valence-electron chi connectivity index (χ4n) is 5.22. The molecule has 0 unspecified atom stereocenters. The Morgan fingerprint density at radius 3 is 1.75 bits per heavy atom. The van der Waals surface area contributed by atoms with Gasteiger partial charge in [-0.15, -0.1) is 0 Å². The zero-order chi connectivity index (χ0) is 49.6. The topological polar surface area (TPSA) is 345 Å². The Morgan fingerprint density at radius 2 is 1.22 bits per heavy atom. The van der Waals surface area contributed by atoms with Crippen LogP contribution in [0.2, 0.25) is 0 Å². The average Bonchev–Trinajstić information content (AvgIpc) is 3.70. The number of hydrogen-bond donors (Lipinski definition) is 7. The fraction of sp³-hybridized carbons (Fsp3) is 0.0476. The van der Waals surface area contributed by atoms with Crippen molar-refractivity contribution in [3.63, 3.8) is 0 Å². The van der Waals surface area contributed by atoms with Crippen LogP contribution in [0.25, 0.3) is 0 Å². The number of carbonyl (C=O) groups excluding carboxylic acids is 1. The third kappa shape index (κ3) is 14.9. The van der Waals surface area contributed by atoms with Gasteiger partial charge in [0.25, 0.3) is 35.8 Å². The molecule has 2 aromatic heterocycles. The van der Waals surface area contributed by atoms with Gasteiger partial charge in [-0.2, -0.15) is 14.6 Å². The van der Waals surface area contributed by atoms with Crippen molar-refractivity contribution < 1.29 is 50.0 Å². The van der Waals surface area contributed by atoms with Crippen LogP contribution in [0.4, 0.5) is 44.9 Å². The smallest absolute Gasteiger partial charge is 0.339 e. The van der Waals surface area contributed by atoms with Gasteiger partial charge in [0.15, 0.2) is 0 Å². The van der Waals surface area contributed by atoms with Crippen molar-refractivity contribution in [3.05, 3.63) is 167 Å². The third-order valence-corrected chi connectivity index (χ3v) is 13.5. The highest BCUT2D eigenvalue weighted by Crippen LogP contribution is 2.27. The summed E-state index contributed by atoms with van der Waals surface area (Å²) in [5.41, 5.74) is 7.66. The van der Waals surface area contributed by atoms with Crippen LogP contribution < -0.4 is 25.2 Å². The van der Waals surface area contributed by atoms with Gasteiger partial charge in [0, 0.05) is 42.3 Å². The number of anilines is 5. The SMILES string of the molecule is CC(=O)Nc1ccc(S(=O)(=O)Nc2ccc([N+](=O)[O-])cc2)cc1.Cc1cc(NS(=O)(=O)c2ccc(N)cc2)sn1.O=C(O)c1cc(/N=N/c2ccc(S(=O)(=O)Nc3ccccn3)cc2)ccc1O. The lowest BCUT2D eigenvalue weighted by atomic mass is 10.2. The average molecular weight is 1000 g/mol. The van der Waals surface area contributed by atoms with Crippen molar-refractivity contribution in [2.24, 2.45) is 10.2 Å². The first-order chi connectivity index (χ1) is 32.1. The minimum atomic E-state index is -3.82. The largest absolute Gasteiger partial charge is 0.507 e. The summed E-state index contributed by atoms with van der Waals surface area (Å²) in [7, 11) is -11.2. The number of amides is 1. The van der Waals surface area contributed by atoms with Crippen LogP contribution in [0.15, 0.2) is 171 Å². The van der Waals surface area contributed by atoms with Crippen LogP contribution in [0, 0.1) is 17.0 Å². The molecule has 8 N–H and O–H groups in total. The summed E-state index contributed by atoms with van der Waals surface area (Å²) in [5.74, 6) is -1.72. The van der Waals surface area contributed by atoms with Gasteiger partial charge in [0.1, 0.15) is 22.1 Å². The minimum absolute atomic E-state index is 0.00459. The summed E-state index contributed by atoms with van der Waals surface area (Å²) in [5, 5.41) is 39.9. The molecule has 5 aromatic carbocycles. The highest BCUT2D eigenvalue weighted by Gasteiger charge is 2.18. The Labute approximate surface area is 392 Å². The number of aromatic hydroxyl groups is 1. The number of nitro groups is 1. The lowest BCUT2D eigenvalue weighted by molar-refractivity contribution is -0.384. The van der Waals surface area contributed by atoms with Gasteiger partial charge in [0.05, 0.1) is 36.7 Å². The predicted molar refractivity (Wildman–Crippen MR) is 254 cm³/mol. The Hall–Kier alpha value is -8.33. The number of nitrogens with one attached hydrogen (secondary N) is 4. The van der Waals surface area contributed by atoms with Crippen LogP contribution in [-0.4, -0.2) is 61.6 Å². The first kappa shape index (κ1) is 50.7. The Kier molecular flexibility index (Phi) is 16.6. The first-order valence-electron chi connectivity index (χ1n) is 19.1. The van der Waals surface area contributed by atoms with Gasteiger partial charge in [-0.1, -0.05) is 6.07 Å². The van der Waals surface area contributed by atoms with Crippen molar-refractivity contribution in [2.45, 2.75) is 28.5 Å². The van der Waals surface area contributed by atoms with Crippen LogP contribution >= 0.6 is 11.5 Å². The summed E-state index contributed by atoms with van der Waals surface area (Å²) < 4.78 is 84.2. The molecule has 7 aromatic rings. The summed E-state index contributed by atoms with van der Waals surface area (Å²) in [6.07, 6.45) is 1.47. The molecule has 0 radical (unpaired) electrons. The van der Waals surface area contributed by atoms with E-state index in [1.165, 1.54) is 122 Å². The molecular weight excluding hydrogens is 965 g/mol. The molecule has 0 atom stereocenters. The number of nitrogen functional groups attached to an aromatic ring is 1. The van der Waals surface area contributed by atoms with Crippen molar-refractivity contribution in [3.8, 4) is 5.75 Å². The summed E-state index contributed by atoms with van der Waals surface area (Å²) >= 11 is 1.11. The molecule has 2 heterocycles. The van der Waals surface area contributed by atoms with Crippen molar-refractivity contribution >= 4 is 98.4 Å². The maximum absolute atomic E-state index is 12.3. The van der Waals surface area contributed by atoms with E-state index in [0.29, 0.717) is 22.1 Å². The second kappa shape index (κ2) is 22.2. The van der Waals surface area contributed by atoms with Gasteiger partial charge in [-0.3, -0.25) is 29.1 Å². The number of carboxylic acids is 1. The number of pyridine rings is 1. The van der Waals surface area contributed by atoms with Crippen molar-refractivity contribution in [1.82, 2.24) is 9.36 Å². The highest BCUT2D eigenvalue weighted by molar-refractivity contribution is 7.93. The number of nitrogens with two attached hydrogens (primary N) is 1. The molecule has 0 spiro atoms. The van der Waals surface area contributed by atoms with Gasteiger partial charge < -0.3 is 21.3 Å². The standard InChI is InChI=1S/C18H14N4O5S.C14H13N3O5S.C10H11N3O2S2/c23-16-9-6-13(11-15(16)18(24)25)21-20-12-4-7-14(8-5-12)28(26,27)22-17-3-1-2-10-19-17;1-10(18)15-11-4-8-14(9-5-11)23(21,22)16-12-2-6-13(7-3-12)17(19)20;1-7-6-10(16-12-7)13-17(14,15)9-4-2-8(11)3-5-9/h1-11,23H,(H,19,22)(H,24,25);2-9,16H,1H3,(H,15,18);2-6,13H,11H2,1H3/b21-20+;;. The van der Waals surface area contributed by atoms with E-state index in [1.807, 2.05) is 0 Å². The molecule has 7 rings (SSSR count). The lowest BCUT2D eigenvalue weighted by Crippen LogP contribution is -2.13. The van der Waals surface area contributed by atoms with Gasteiger partial charge in [-0.05, 0) is 140 Å². The summed E-state index contributed by atoms with van der Waals surface area (Å²) in [6.45, 7) is 3.15. The second-order valence-corrected chi connectivity index (χ2v) is 19.5. The number of non-ortho nitro benzene ring substituents is 1. The maximum Gasteiger partial charge on any atom is 0.339 e. The number of aryl methyl sites for hydroxylation is 1. The van der Waals surface area contributed by atoms with Crippen LogP contribution in [0.1, 0.15) is 23.0 Å². The summed E-state index contributed by atoms with van der Waals surface area (Å²) in [6, 6.07) is 32.6. The zero-order valence-electron chi connectivity index (χ0n) is 35.3. The third-order valence-electron chi connectivity index (χ3n) is 8.41. The number of benzene rings is 5. The number of nitrogens with zero attached hydrogens (tertiary/aromatic N) is 5. The number of phenols is 1. The van der Waals surface area contributed by atoms with E-state index < -0.39 is 41.0 Å². The van der Waals surface area contributed by atoms with Crippen molar-refractivity contribution in [1.29, 1.82) is 0 Å². The van der Waals surface area contributed by atoms with E-state index in [9.17, 15) is 50.1 Å². The van der Waals surface area contributed by atoms with Gasteiger partial charge >= 0.3 is 5.97 Å². The number of hydrogen-bond acceptors (Lipinski definition) is 17. The number of rotatable bonds is 14. The normalized spacial score (nSPS) is 11.2. The van der Waals surface area contributed by atoms with Gasteiger partial charge in [0.2, 0.25) is 5.91 Å². The number of azo groups is 1. The quantitative estimate of drug-likeness (QED) is 0.0236. The zero-order valence-corrected chi connectivity index (χ0v) is 38.5. The Balaban J connectivity index is 0.000000196. The highest BCUT2D eigenvalue weighted by atomic mass is 32.2. The van der Waals surface area contributed by atoms with E-state index >= 15 is 0 Å². The Bertz CT molecular complexity index is 3270. The molecule has 0 aliphatic carbocycles. The molecular formula is C42H38N10O12S4. The molecule has 1 amide bonds. The summed E-state index contributed by atoms with van der Waals surface area (Å²) in [4.78, 5) is 36.0. The predicted octanol–water partition coefficient (Wildman–Crippen LogP) is 7.89. The number of nitro benzene ring substituents is 1. The lowest BCUT2D eigenvalue weighted by Gasteiger charge is -2.09. The number of aromatic nitrogens is 2. The molecule has 0 aliphatic rings. The Morgan fingerprint density at radius 1 is 0.691 bits per heavy atom. The number of aromatic carboxylic acids is 1. The maximum atomic E-state index is 12.3. The van der Waals surface area contributed by atoms with E-state index in [2.05, 4.69) is 39.1 Å². The van der Waals surface area contributed by atoms with Crippen LogP contribution in [-0.2, 0) is 34.9 Å². The second-order valence-electron chi connectivity index (χ2n) is 13.6. The van der Waals surface area contributed by atoms with Crippen molar-refractivity contribution in [2.75, 3.05) is 25.2 Å². The molecule has 68 heavy (non-hydrogen) atoms. The fourth-order valence-corrected chi connectivity index (χ4v) is 9.22. The van der Waals surface area contributed by atoms with E-state index in [0.717, 1.165) is 17.2 Å². The monoisotopic (exact) mass is 1000 g/mol. The molecule has 0 saturated carbocycles. The molecule has 352 valence electrons. The molecule has 0 aliphatic heterocycles. The number of sulfonamides is 3.